The fraction of sp³-hybridized carbons (Fsp3) is 0.100. The van der Waals surface area contributed by atoms with E-state index in [9.17, 15) is 0 Å². The molecule has 0 amide bonds. The van der Waals surface area contributed by atoms with Crippen molar-refractivity contribution in [3.63, 3.8) is 0 Å². The highest BCUT2D eigenvalue weighted by Gasteiger charge is 2.04. The first-order valence-corrected chi connectivity index (χ1v) is 4.49. The molecule has 0 saturated carbocycles. The zero-order valence-corrected chi connectivity index (χ0v) is 8.00. The van der Waals surface area contributed by atoms with Crippen LogP contribution in [-0.4, -0.2) is 15.2 Å². The van der Waals surface area contributed by atoms with Crippen molar-refractivity contribution in [2.45, 2.75) is 6.54 Å². The average molecular weight is 202 g/mol. The lowest BCUT2D eigenvalue weighted by Gasteiger charge is -2.06. The third-order valence-corrected chi connectivity index (χ3v) is 1.80. The molecule has 0 unspecified atom stereocenters. The maximum Gasteiger partial charge on any atom is 0.238 e. The highest BCUT2D eigenvalue weighted by molar-refractivity contribution is 5.30. The molecule has 0 aliphatic heterocycles. The number of rotatable bonds is 3. The summed E-state index contributed by atoms with van der Waals surface area (Å²) in [7, 11) is 0. The van der Waals surface area contributed by atoms with Crippen LogP contribution in [0.2, 0.25) is 0 Å². The molecule has 5 nitrogen and oxygen atoms in total. The Balaban J connectivity index is 2.24. The van der Waals surface area contributed by atoms with Gasteiger partial charge in [0.2, 0.25) is 5.88 Å². The van der Waals surface area contributed by atoms with E-state index < -0.39 is 0 Å². The number of nitrogens with zero attached hydrogens (tertiary/aromatic N) is 3. The van der Waals surface area contributed by atoms with Gasteiger partial charge in [-0.15, -0.1) is 5.10 Å². The molecular weight excluding hydrogens is 192 g/mol. The fourth-order valence-corrected chi connectivity index (χ4v) is 1.12. The van der Waals surface area contributed by atoms with Gasteiger partial charge in [0.25, 0.3) is 0 Å². The van der Waals surface area contributed by atoms with Gasteiger partial charge in [-0.3, -0.25) is 4.98 Å². The Bertz CT molecular complexity index is 432. The van der Waals surface area contributed by atoms with Gasteiger partial charge in [0.05, 0.1) is 5.69 Å². The van der Waals surface area contributed by atoms with Crippen LogP contribution in [0.15, 0.2) is 36.7 Å². The van der Waals surface area contributed by atoms with Gasteiger partial charge in [-0.2, -0.15) is 5.10 Å². The zero-order valence-electron chi connectivity index (χ0n) is 8.00. The standard InChI is InChI=1S/C10H10N4O/c11-7-8-9(3-1-5-12-8)15-10-4-2-6-13-14-10/h1-6H,7,11H2. The molecule has 2 aromatic rings. The summed E-state index contributed by atoms with van der Waals surface area (Å²) in [4.78, 5) is 4.10. The summed E-state index contributed by atoms with van der Waals surface area (Å²) >= 11 is 0. The topological polar surface area (TPSA) is 73.9 Å². The Morgan fingerprint density at radius 3 is 2.80 bits per heavy atom. The lowest BCUT2D eigenvalue weighted by Crippen LogP contribution is -2.02. The van der Waals surface area contributed by atoms with Gasteiger partial charge in [0.1, 0.15) is 0 Å². The van der Waals surface area contributed by atoms with Gasteiger partial charge in [0.15, 0.2) is 5.75 Å². The van der Waals surface area contributed by atoms with Crippen molar-refractivity contribution < 1.29 is 4.74 Å². The first kappa shape index (κ1) is 9.54. The van der Waals surface area contributed by atoms with Gasteiger partial charge < -0.3 is 10.5 Å². The smallest absolute Gasteiger partial charge is 0.238 e. The molecule has 76 valence electrons. The van der Waals surface area contributed by atoms with Crippen molar-refractivity contribution in [3.8, 4) is 11.6 Å². The number of aromatic nitrogens is 3. The number of hydrogen-bond acceptors (Lipinski definition) is 5. The predicted octanol–water partition coefficient (Wildman–Crippen LogP) is 1.12. The van der Waals surface area contributed by atoms with Crippen molar-refractivity contribution >= 4 is 0 Å². The van der Waals surface area contributed by atoms with Crippen molar-refractivity contribution in [1.82, 2.24) is 15.2 Å². The van der Waals surface area contributed by atoms with Gasteiger partial charge >= 0.3 is 0 Å². The van der Waals surface area contributed by atoms with Crippen LogP contribution in [0.25, 0.3) is 0 Å². The van der Waals surface area contributed by atoms with Gasteiger partial charge in [-0.05, 0) is 18.2 Å². The van der Waals surface area contributed by atoms with Crippen LogP contribution in [-0.2, 0) is 6.54 Å². The maximum atomic E-state index is 5.53. The van der Waals surface area contributed by atoms with Gasteiger partial charge in [0, 0.05) is 25.0 Å². The van der Waals surface area contributed by atoms with Crippen molar-refractivity contribution in [3.05, 3.63) is 42.4 Å². The van der Waals surface area contributed by atoms with E-state index in [0.29, 0.717) is 23.9 Å². The highest BCUT2D eigenvalue weighted by Crippen LogP contribution is 2.20. The molecule has 2 N–H and O–H groups in total. The SMILES string of the molecule is NCc1ncccc1Oc1cccnn1. The Labute approximate surface area is 86.9 Å². The number of pyridine rings is 1. The Morgan fingerprint density at radius 1 is 1.20 bits per heavy atom. The molecule has 5 heteroatoms. The molecule has 0 radical (unpaired) electrons. The molecule has 0 atom stereocenters. The lowest BCUT2D eigenvalue weighted by molar-refractivity contribution is 0.446. The summed E-state index contributed by atoms with van der Waals surface area (Å²) in [5, 5.41) is 7.52. The minimum absolute atomic E-state index is 0.330. The minimum atomic E-state index is 0.330. The van der Waals surface area contributed by atoms with E-state index in [1.54, 1.807) is 36.7 Å². The van der Waals surface area contributed by atoms with Crippen LogP contribution >= 0.6 is 0 Å². The van der Waals surface area contributed by atoms with Crippen LogP contribution in [0.1, 0.15) is 5.69 Å². The van der Waals surface area contributed by atoms with E-state index in [4.69, 9.17) is 10.5 Å². The van der Waals surface area contributed by atoms with E-state index in [1.807, 2.05) is 0 Å². The average Bonchev–Trinajstić information content (AvgIpc) is 2.31. The molecular formula is C10H10N4O. The second kappa shape index (κ2) is 4.47. The van der Waals surface area contributed by atoms with Crippen LogP contribution in [0.5, 0.6) is 11.6 Å². The number of nitrogens with two attached hydrogens (primary N) is 1. The molecule has 2 heterocycles. The Hall–Kier alpha value is -2.01. The summed E-state index contributed by atoms with van der Waals surface area (Å²) in [6.07, 6.45) is 3.26. The van der Waals surface area contributed by atoms with Crippen LogP contribution in [0, 0.1) is 0 Å². The quantitative estimate of drug-likeness (QED) is 0.807. The largest absolute Gasteiger partial charge is 0.436 e. The number of hydrogen-bond donors (Lipinski definition) is 1. The molecule has 2 rings (SSSR count). The Morgan fingerprint density at radius 2 is 2.07 bits per heavy atom. The van der Waals surface area contributed by atoms with Crippen molar-refractivity contribution in [1.29, 1.82) is 0 Å². The van der Waals surface area contributed by atoms with Crippen LogP contribution in [0.3, 0.4) is 0 Å². The van der Waals surface area contributed by atoms with Gasteiger partial charge in [-0.1, -0.05) is 0 Å². The summed E-state index contributed by atoms with van der Waals surface area (Å²) < 4.78 is 5.48. The molecule has 15 heavy (non-hydrogen) atoms. The predicted molar refractivity (Wildman–Crippen MR) is 54.2 cm³/mol. The first-order valence-electron chi connectivity index (χ1n) is 4.49. The highest BCUT2D eigenvalue weighted by atomic mass is 16.5. The minimum Gasteiger partial charge on any atom is -0.436 e. The third-order valence-electron chi connectivity index (χ3n) is 1.80. The molecule has 0 saturated heterocycles. The first-order chi connectivity index (χ1) is 7.40. The van der Waals surface area contributed by atoms with Crippen LogP contribution < -0.4 is 10.5 Å². The van der Waals surface area contributed by atoms with E-state index in [2.05, 4.69) is 15.2 Å². The molecule has 0 aliphatic rings. The van der Waals surface area contributed by atoms with E-state index in [-0.39, 0.29) is 0 Å². The molecule has 0 bridgehead atoms. The summed E-state index contributed by atoms with van der Waals surface area (Å²) in [6, 6.07) is 7.05. The summed E-state index contributed by atoms with van der Waals surface area (Å²) in [5.41, 5.74) is 6.22. The second-order valence-corrected chi connectivity index (χ2v) is 2.82. The summed E-state index contributed by atoms with van der Waals surface area (Å²) in [5.74, 6) is 1.04. The van der Waals surface area contributed by atoms with Gasteiger partial charge in [-0.25, -0.2) is 0 Å². The normalized spacial score (nSPS) is 9.93. The van der Waals surface area contributed by atoms with E-state index >= 15 is 0 Å². The van der Waals surface area contributed by atoms with Crippen molar-refractivity contribution in [2.24, 2.45) is 5.73 Å². The monoisotopic (exact) mass is 202 g/mol. The Kier molecular flexibility index (Phi) is 2.85. The molecule has 0 aromatic carbocycles. The lowest BCUT2D eigenvalue weighted by atomic mass is 10.3. The fourth-order valence-electron chi connectivity index (χ4n) is 1.12. The van der Waals surface area contributed by atoms with E-state index in [0.717, 1.165) is 0 Å². The summed E-state index contributed by atoms with van der Waals surface area (Å²) in [6.45, 7) is 0.330. The van der Waals surface area contributed by atoms with Crippen molar-refractivity contribution in [2.75, 3.05) is 0 Å². The van der Waals surface area contributed by atoms with E-state index in [1.165, 1.54) is 0 Å². The van der Waals surface area contributed by atoms with Crippen LogP contribution in [0.4, 0.5) is 0 Å². The molecule has 0 spiro atoms. The zero-order chi connectivity index (χ0) is 10.5. The molecule has 2 aromatic heterocycles. The molecule has 0 fully saturated rings. The number of ether oxygens (including phenoxy) is 1. The second-order valence-electron chi connectivity index (χ2n) is 2.82. The maximum absolute atomic E-state index is 5.53. The third kappa shape index (κ3) is 2.26. The molecule has 0 aliphatic carbocycles.